The highest BCUT2D eigenvalue weighted by Gasteiger charge is 2.11. The molecule has 2 aromatic rings. The predicted molar refractivity (Wildman–Crippen MR) is 87.7 cm³/mol. The van der Waals surface area contributed by atoms with E-state index in [1.807, 2.05) is 38.1 Å². The summed E-state index contributed by atoms with van der Waals surface area (Å²) in [6, 6.07) is 12.6. The molecule has 23 heavy (non-hydrogen) atoms. The maximum Gasteiger partial charge on any atom is 0.262 e. The number of methoxy groups -OCH3 is 1. The lowest BCUT2D eigenvalue weighted by Gasteiger charge is -2.13. The van der Waals surface area contributed by atoms with Gasteiger partial charge in [0.15, 0.2) is 18.1 Å². The minimum Gasteiger partial charge on any atom is -0.493 e. The first-order valence-corrected chi connectivity index (χ1v) is 7.12. The number of nitrogens with one attached hydrogen (secondary N) is 1. The van der Waals surface area contributed by atoms with Crippen LogP contribution in [-0.2, 0) is 4.79 Å². The minimum atomic E-state index is -0.256. The van der Waals surface area contributed by atoms with Crippen molar-refractivity contribution in [3.63, 3.8) is 0 Å². The summed E-state index contributed by atoms with van der Waals surface area (Å²) in [7, 11) is 1.49. The Bertz CT molecular complexity index is 743. The van der Waals surface area contributed by atoms with Crippen LogP contribution in [0.15, 0.2) is 36.4 Å². The molecule has 0 unspecified atom stereocenters. The lowest BCUT2D eigenvalue weighted by Crippen LogP contribution is -2.21. The Balaban J connectivity index is 2.04. The van der Waals surface area contributed by atoms with E-state index in [-0.39, 0.29) is 12.5 Å². The molecule has 0 saturated carbocycles. The van der Waals surface area contributed by atoms with E-state index in [1.165, 1.54) is 7.11 Å². The van der Waals surface area contributed by atoms with Gasteiger partial charge in [-0.25, -0.2) is 0 Å². The fourth-order valence-corrected chi connectivity index (χ4v) is 2.19. The first kappa shape index (κ1) is 16.4. The average Bonchev–Trinajstić information content (AvgIpc) is 2.56. The minimum absolute atomic E-state index is 0.143. The van der Waals surface area contributed by atoms with Crippen LogP contribution >= 0.6 is 0 Å². The number of nitriles is 1. The van der Waals surface area contributed by atoms with Gasteiger partial charge in [0, 0.05) is 11.8 Å². The monoisotopic (exact) mass is 310 g/mol. The molecule has 2 aromatic carbocycles. The number of hydrogen-bond acceptors (Lipinski definition) is 4. The number of anilines is 1. The number of carbonyl (C=O) groups is 1. The smallest absolute Gasteiger partial charge is 0.262 e. The summed E-state index contributed by atoms with van der Waals surface area (Å²) < 4.78 is 10.7. The molecular formula is C18H18N2O3. The second-order valence-electron chi connectivity index (χ2n) is 5.08. The van der Waals surface area contributed by atoms with Crippen LogP contribution in [0.25, 0.3) is 0 Å². The highest BCUT2D eigenvalue weighted by Crippen LogP contribution is 2.28. The molecule has 0 heterocycles. The van der Waals surface area contributed by atoms with Crippen LogP contribution in [0.2, 0.25) is 0 Å². The fraction of sp³-hybridized carbons (Fsp3) is 0.222. The van der Waals surface area contributed by atoms with Gasteiger partial charge < -0.3 is 14.8 Å². The van der Waals surface area contributed by atoms with Crippen molar-refractivity contribution in [2.24, 2.45) is 0 Å². The molecule has 118 valence electrons. The van der Waals surface area contributed by atoms with Crippen molar-refractivity contribution in [1.82, 2.24) is 0 Å². The Kier molecular flexibility index (Phi) is 5.21. The third kappa shape index (κ3) is 4.01. The van der Waals surface area contributed by atoms with Crippen molar-refractivity contribution >= 4 is 11.6 Å². The Morgan fingerprint density at radius 2 is 1.87 bits per heavy atom. The molecule has 0 aliphatic rings. The largest absolute Gasteiger partial charge is 0.493 e. The predicted octanol–water partition coefficient (Wildman–Crippen LogP) is 3.20. The lowest BCUT2D eigenvalue weighted by molar-refractivity contribution is -0.118. The summed E-state index contributed by atoms with van der Waals surface area (Å²) in [5.74, 6) is 0.584. The molecular weight excluding hydrogens is 292 g/mol. The number of para-hydroxylation sites is 1. The quantitative estimate of drug-likeness (QED) is 0.920. The molecule has 1 amide bonds. The number of hydrogen-bond donors (Lipinski definition) is 1. The fourth-order valence-electron chi connectivity index (χ4n) is 2.19. The van der Waals surface area contributed by atoms with Gasteiger partial charge in [-0.1, -0.05) is 18.2 Å². The van der Waals surface area contributed by atoms with Crippen molar-refractivity contribution in [3.8, 4) is 17.6 Å². The third-order valence-corrected chi connectivity index (χ3v) is 3.40. The van der Waals surface area contributed by atoms with E-state index in [2.05, 4.69) is 5.32 Å². The van der Waals surface area contributed by atoms with Gasteiger partial charge in [-0.15, -0.1) is 0 Å². The molecule has 0 aromatic heterocycles. The number of ether oxygens (including phenoxy) is 2. The molecule has 5 heteroatoms. The maximum atomic E-state index is 12.1. The summed E-state index contributed by atoms with van der Waals surface area (Å²) in [6.07, 6.45) is 0. The summed E-state index contributed by atoms with van der Waals surface area (Å²) in [5, 5.41) is 11.7. The molecule has 0 saturated heterocycles. The van der Waals surface area contributed by atoms with E-state index in [0.717, 1.165) is 16.8 Å². The van der Waals surface area contributed by atoms with Gasteiger partial charge in [0.25, 0.3) is 5.91 Å². The number of rotatable bonds is 5. The van der Waals surface area contributed by atoms with E-state index in [0.29, 0.717) is 17.1 Å². The molecule has 2 rings (SSSR count). The van der Waals surface area contributed by atoms with E-state index in [9.17, 15) is 4.79 Å². The van der Waals surface area contributed by atoms with Gasteiger partial charge in [-0.2, -0.15) is 5.26 Å². The Hall–Kier alpha value is -3.00. The van der Waals surface area contributed by atoms with Crippen molar-refractivity contribution in [3.05, 3.63) is 53.1 Å². The van der Waals surface area contributed by atoms with Crippen molar-refractivity contribution < 1.29 is 14.3 Å². The average molecular weight is 310 g/mol. The third-order valence-electron chi connectivity index (χ3n) is 3.40. The molecule has 0 fully saturated rings. The molecule has 0 aliphatic carbocycles. The van der Waals surface area contributed by atoms with Crippen LogP contribution in [0, 0.1) is 25.2 Å². The van der Waals surface area contributed by atoms with Gasteiger partial charge in [0.1, 0.15) is 0 Å². The van der Waals surface area contributed by atoms with Crippen molar-refractivity contribution in [1.29, 1.82) is 5.26 Å². The summed E-state index contributed by atoms with van der Waals surface area (Å²) in [5.41, 5.74) is 3.26. The number of carbonyl (C=O) groups excluding carboxylic acids is 1. The number of aryl methyl sites for hydroxylation is 2. The molecule has 0 atom stereocenters. The molecule has 0 spiro atoms. The molecule has 0 aliphatic heterocycles. The van der Waals surface area contributed by atoms with Crippen molar-refractivity contribution in [2.75, 3.05) is 19.0 Å². The Labute approximate surface area is 135 Å². The van der Waals surface area contributed by atoms with Crippen LogP contribution in [-0.4, -0.2) is 19.6 Å². The first-order chi connectivity index (χ1) is 11.0. The number of amides is 1. The summed E-state index contributed by atoms with van der Waals surface area (Å²) >= 11 is 0. The topological polar surface area (TPSA) is 71.3 Å². The highest BCUT2D eigenvalue weighted by atomic mass is 16.5. The Morgan fingerprint density at radius 3 is 2.48 bits per heavy atom. The van der Waals surface area contributed by atoms with Crippen LogP contribution < -0.4 is 14.8 Å². The SMILES string of the molecule is COc1cc(C#N)ccc1OCC(=O)Nc1c(C)cccc1C. The molecule has 0 radical (unpaired) electrons. The van der Waals surface area contributed by atoms with E-state index < -0.39 is 0 Å². The van der Waals surface area contributed by atoms with E-state index in [4.69, 9.17) is 14.7 Å². The molecule has 5 nitrogen and oxygen atoms in total. The van der Waals surface area contributed by atoms with Crippen LogP contribution in [0.4, 0.5) is 5.69 Å². The van der Waals surface area contributed by atoms with E-state index in [1.54, 1.807) is 18.2 Å². The lowest BCUT2D eigenvalue weighted by atomic mass is 10.1. The van der Waals surface area contributed by atoms with Gasteiger partial charge in [0.2, 0.25) is 0 Å². The zero-order chi connectivity index (χ0) is 16.8. The second-order valence-corrected chi connectivity index (χ2v) is 5.08. The van der Waals surface area contributed by atoms with E-state index >= 15 is 0 Å². The van der Waals surface area contributed by atoms with Gasteiger partial charge in [0.05, 0.1) is 18.7 Å². The number of benzene rings is 2. The standard InChI is InChI=1S/C18H18N2O3/c1-12-5-4-6-13(2)18(12)20-17(21)11-23-15-8-7-14(10-19)9-16(15)22-3/h4-9H,11H2,1-3H3,(H,20,21). The first-order valence-electron chi connectivity index (χ1n) is 7.12. The van der Waals surface area contributed by atoms with Gasteiger partial charge in [-0.3, -0.25) is 4.79 Å². The Morgan fingerprint density at radius 1 is 1.17 bits per heavy atom. The molecule has 1 N–H and O–H groups in total. The number of nitrogens with zero attached hydrogens (tertiary/aromatic N) is 1. The second kappa shape index (κ2) is 7.32. The van der Waals surface area contributed by atoms with Gasteiger partial charge in [-0.05, 0) is 37.1 Å². The normalized spacial score (nSPS) is 9.83. The van der Waals surface area contributed by atoms with Crippen molar-refractivity contribution in [2.45, 2.75) is 13.8 Å². The highest BCUT2D eigenvalue weighted by molar-refractivity contribution is 5.93. The zero-order valence-electron chi connectivity index (χ0n) is 13.3. The molecule has 0 bridgehead atoms. The van der Waals surface area contributed by atoms with Gasteiger partial charge >= 0.3 is 0 Å². The van der Waals surface area contributed by atoms with Crippen LogP contribution in [0.5, 0.6) is 11.5 Å². The maximum absolute atomic E-state index is 12.1. The summed E-state index contributed by atoms with van der Waals surface area (Å²) in [6.45, 7) is 3.73. The zero-order valence-corrected chi connectivity index (χ0v) is 13.3. The van der Waals surface area contributed by atoms with Crippen LogP contribution in [0.3, 0.4) is 0 Å². The van der Waals surface area contributed by atoms with Crippen LogP contribution in [0.1, 0.15) is 16.7 Å². The summed E-state index contributed by atoms with van der Waals surface area (Å²) in [4.78, 5) is 12.1.